The Kier molecular flexibility index (Phi) is 5.07. The highest BCUT2D eigenvalue weighted by Crippen LogP contribution is 2.30. The van der Waals surface area contributed by atoms with Crippen LogP contribution in [-0.4, -0.2) is 21.5 Å². The van der Waals surface area contributed by atoms with E-state index in [4.69, 9.17) is 0 Å². The molecule has 2 atom stereocenters. The lowest BCUT2D eigenvalue weighted by Crippen LogP contribution is -2.43. The van der Waals surface area contributed by atoms with Gasteiger partial charge in [0, 0.05) is 17.0 Å². The van der Waals surface area contributed by atoms with Gasteiger partial charge in [0.1, 0.15) is 11.4 Å². The van der Waals surface area contributed by atoms with Crippen molar-refractivity contribution in [3.63, 3.8) is 0 Å². The van der Waals surface area contributed by atoms with Crippen molar-refractivity contribution in [3.8, 4) is 11.1 Å². The number of nitrogens with zero attached hydrogens (tertiary/aromatic N) is 2. The first kappa shape index (κ1) is 17.9. The number of benzene rings is 1. The number of aromatic nitrogens is 2. The summed E-state index contributed by atoms with van der Waals surface area (Å²) in [5.41, 5.74) is 1.71. The Bertz CT molecular complexity index is 1010. The van der Waals surface area contributed by atoms with E-state index in [1.54, 1.807) is 0 Å². The number of amides is 1. The molecule has 0 spiro atoms. The summed E-state index contributed by atoms with van der Waals surface area (Å²) in [6, 6.07) is 10.0. The van der Waals surface area contributed by atoms with Crippen LogP contribution in [0.3, 0.4) is 0 Å². The molecule has 4 rings (SSSR count). The van der Waals surface area contributed by atoms with Crippen molar-refractivity contribution in [2.24, 2.45) is 5.92 Å². The number of nitrogens with one attached hydrogen (secondary N) is 1. The molecule has 1 aliphatic carbocycles. The van der Waals surface area contributed by atoms with Crippen LogP contribution >= 0.6 is 11.3 Å². The topological polar surface area (TPSA) is 64.0 Å². The van der Waals surface area contributed by atoms with E-state index >= 15 is 0 Å². The molecule has 0 aliphatic heterocycles. The van der Waals surface area contributed by atoms with Crippen molar-refractivity contribution in [1.82, 2.24) is 14.9 Å². The monoisotopic (exact) mass is 381 g/mol. The third-order valence-electron chi connectivity index (χ3n) is 5.42. The quantitative estimate of drug-likeness (QED) is 0.747. The van der Waals surface area contributed by atoms with Crippen LogP contribution in [-0.2, 0) is 11.3 Å². The molecule has 27 heavy (non-hydrogen) atoms. The number of thiophene rings is 1. The van der Waals surface area contributed by atoms with Crippen LogP contribution in [0.15, 0.2) is 46.8 Å². The van der Waals surface area contributed by atoms with Crippen molar-refractivity contribution in [3.05, 3.63) is 52.4 Å². The Balaban J connectivity index is 1.60. The van der Waals surface area contributed by atoms with Gasteiger partial charge in [0.05, 0.1) is 11.7 Å². The Labute approximate surface area is 162 Å². The zero-order valence-corrected chi connectivity index (χ0v) is 16.2. The Morgan fingerprint density at radius 3 is 2.81 bits per heavy atom. The van der Waals surface area contributed by atoms with Crippen molar-refractivity contribution in [2.75, 3.05) is 0 Å². The van der Waals surface area contributed by atoms with Gasteiger partial charge in [0.15, 0.2) is 0 Å². The van der Waals surface area contributed by atoms with Gasteiger partial charge in [-0.1, -0.05) is 50.1 Å². The van der Waals surface area contributed by atoms with Gasteiger partial charge in [-0.15, -0.1) is 11.3 Å². The first-order chi connectivity index (χ1) is 13.1. The molecule has 5 nitrogen and oxygen atoms in total. The summed E-state index contributed by atoms with van der Waals surface area (Å²) < 4.78 is 1.42. The summed E-state index contributed by atoms with van der Waals surface area (Å²) >= 11 is 1.45. The van der Waals surface area contributed by atoms with E-state index in [9.17, 15) is 9.59 Å². The maximum atomic E-state index is 13.0. The van der Waals surface area contributed by atoms with Crippen molar-refractivity contribution < 1.29 is 4.79 Å². The second-order valence-electron chi connectivity index (χ2n) is 7.31. The standard InChI is InChI=1S/C21H23N3O2S/c1-14-7-5-6-10-17(14)23-18(25)11-24-13-22-20-19(21(24)26)16(12-27-20)15-8-3-2-4-9-15/h2-4,8-9,12-14,17H,5-7,10-11H2,1H3,(H,23,25)/t14-,17+/m0/s1. The third kappa shape index (κ3) is 3.67. The van der Waals surface area contributed by atoms with Gasteiger partial charge in [-0.05, 0) is 24.3 Å². The van der Waals surface area contributed by atoms with Crippen LogP contribution in [0.2, 0.25) is 0 Å². The predicted molar refractivity (Wildman–Crippen MR) is 109 cm³/mol. The molecule has 140 valence electrons. The van der Waals surface area contributed by atoms with Crippen LogP contribution in [0.5, 0.6) is 0 Å². The number of hydrogen-bond donors (Lipinski definition) is 1. The van der Waals surface area contributed by atoms with E-state index in [1.165, 1.54) is 28.7 Å². The summed E-state index contributed by atoms with van der Waals surface area (Å²) in [5.74, 6) is 0.370. The molecule has 0 bridgehead atoms. The zero-order chi connectivity index (χ0) is 18.8. The van der Waals surface area contributed by atoms with Crippen LogP contribution in [0, 0.1) is 5.92 Å². The van der Waals surface area contributed by atoms with E-state index in [2.05, 4.69) is 17.2 Å². The molecule has 6 heteroatoms. The lowest BCUT2D eigenvalue weighted by Gasteiger charge is -2.29. The first-order valence-electron chi connectivity index (χ1n) is 9.45. The lowest BCUT2D eigenvalue weighted by molar-refractivity contribution is -0.123. The first-order valence-corrected chi connectivity index (χ1v) is 10.3. The minimum absolute atomic E-state index is 0.00900. The summed E-state index contributed by atoms with van der Waals surface area (Å²) in [4.78, 5) is 30.6. The summed E-state index contributed by atoms with van der Waals surface area (Å²) in [6.07, 6.45) is 6.03. The van der Waals surface area contributed by atoms with Crippen molar-refractivity contribution >= 4 is 27.5 Å². The third-order valence-corrected chi connectivity index (χ3v) is 6.30. The molecule has 0 radical (unpaired) electrons. The van der Waals surface area contributed by atoms with E-state index < -0.39 is 0 Å². The second-order valence-corrected chi connectivity index (χ2v) is 8.17. The van der Waals surface area contributed by atoms with E-state index in [0.717, 1.165) is 30.4 Å². The van der Waals surface area contributed by atoms with Gasteiger partial charge < -0.3 is 5.32 Å². The SMILES string of the molecule is C[C@H]1CCCC[C@H]1NC(=O)Cn1cnc2scc(-c3ccccc3)c2c1=O. The Morgan fingerprint density at radius 2 is 2.04 bits per heavy atom. The maximum absolute atomic E-state index is 13.0. The Morgan fingerprint density at radius 1 is 1.26 bits per heavy atom. The molecule has 1 amide bonds. The second kappa shape index (κ2) is 7.64. The largest absolute Gasteiger partial charge is 0.352 e. The number of carbonyl (C=O) groups excluding carboxylic acids is 1. The fraction of sp³-hybridized carbons (Fsp3) is 0.381. The van der Waals surface area contributed by atoms with E-state index in [-0.39, 0.29) is 24.1 Å². The predicted octanol–water partition coefficient (Wildman–Crippen LogP) is 3.82. The highest BCUT2D eigenvalue weighted by molar-refractivity contribution is 7.17. The highest BCUT2D eigenvalue weighted by atomic mass is 32.1. The molecule has 2 aromatic heterocycles. The number of carbonyl (C=O) groups is 1. The summed E-state index contributed by atoms with van der Waals surface area (Å²) in [7, 11) is 0. The molecule has 1 N–H and O–H groups in total. The molecule has 1 aromatic carbocycles. The molecule has 0 saturated heterocycles. The maximum Gasteiger partial charge on any atom is 0.263 e. The molecular formula is C21H23N3O2S. The van der Waals surface area contributed by atoms with Gasteiger partial charge in [0.2, 0.25) is 5.91 Å². The van der Waals surface area contributed by atoms with Gasteiger partial charge in [-0.2, -0.15) is 0 Å². The lowest BCUT2D eigenvalue weighted by atomic mass is 9.86. The van der Waals surface area contributed by atoms with E-state index in [0.29, 0.717) is 16.1 Å². The minimum atomic E-state index is -0.160. The summed E-state index contributed by atoms with van der Waals surface area (Å²) in [6.45, 7) is 2.19. The van der Waals surface area contributed by atoms with E-state index in [1.807, 2.05) is 35.7 Å². The average molecular weight is 382 g/mol. The molecule has 1 aliphatic rings. The normalized spacial score (nSPS) is 19.9. The minimum Gasteiger partial charge on any atom is -0.352 e. The van der Waals surface area contributed by atoms with Gasteiger partial charge in [-0.3, -0.25) is 14.2 Å². The van der Waals surface area contributed by atoms with Crippen molar-refractivity contribution in [1.29, 1.82) is 0 Å². The van der Waals surface area contributed by atoms with Gasteiger partial charge in [-0.25, -0.2) is 4.98 Å². The average Bonchev–Trinajstić information content (AvgIpc) is 3.11. The van der Waals surface area contributed by atoms with Gasteiger partial charge in [0.25, 0.3) is 5.56 Å². The summed E-state index contributed by atoms with van der Waals surface area (Å²) in [5, 5.41) is 5.66. The van der Waals surface area contributed by atoms with Crippen LogP contribution in [0.25, 0.3) is 21.3 Å². The molecule has 0 unspecified atom stereocenters. The zero-order valence-electron chi connectivity index (χ0n) is 15.4. The van der Waals surface area contributed by atoms with Crippen molar-refractivity contribution in [2.45, 2.75) is 45.2 Å². The highest BCUT2D eigenvalue weighted by Gasteiger charge is 2.23. The Hall–Kier alpha value is -2.47. The van der Waals surface area contributed by atoms with Crippen LogP contribution in [0.1, 0.15) is 32.6 Å². The molecule has 3 aromatic rings. The molecule has 1 fully saturated rings. The van der Waals surface area contributed by atoms with Crippen LogP contribution in [0.4, 0.5) is 0 Å². The smallest absolute Gasteiger partial charge is 0.263 e. The molecule has 2 heterocycles. The molecular weight excluding hydrogens is 358 g/mol. The fourth-order valence-electron chi connectivity index (χ4n) is 3.85. The number of rotatable bonds is 4. The van der Waals surface area contributed by atoms with Crippen LogP contribution < -0.4 is 10.9 Å². The molecule has 1 saturated carbocycles. The fourth-order valence-corrected chi connectivity index (χ4v) is 4.75. The van der Waals surface area contributed by atoms with Gasteiger partial charge >= 0.3 is 0 Å². The number of hydrogen-bond acceptors (Lipinski definition) is 4. The number of fused-ring (bicyclic) bond motifs is 1.